The van der Waals surface area contributed by atoms with Gasteiger partial charge in [0.25, 0.3) is 0 Å². The second-order valence-corrected chi connectivity index (χ2v) is 8.13. The smallest absolute Gasteiger partial charge is 0.414 e. The number of hydrogen-bond donors (Lipinski definition) is 1. The summed E-state index contributed by atoms with van der Waals surface area (Å²) in [5, 5.41) is 10.4. The number of anilines is 1. The Morgan fingerprint density at radius 1 is 1.15 bits per heavy atom. The Labute approximate surface area is 155 Å². The van der Waals surface area contributed by atoms with E-state index in [4.69, 9.17) is 4.74 Å². The highest BCUT2D eigenvalue weighted by Crippen LogP contribution is 2.36. The van der Waals surface area contributed by atoms with Gasteiger partial charge in [0.05, 0.1) is 11.8 Å². The summed E-state index contributed by atoms with van der Waals surface area (Å²) < 4.78 is 5.48. The van der Waals surface area contributed by atoms with Crippen molar-refractivity contribution in [2.75, 3.05) is 11.4 Å². The van der Waals surface area contributed by atoms with Crippen LogP contribution in [0.5, 0.6) is 0 Å². The fourth-order valence-electron chi connectivity index (χ4n) is 3.35. The lowest BCUT2D eigenvalue weighted by atomic mass is 9.86. The zero-order valence-electron chi connectivity index (χ0n) is 15.7. The highest BCUT2D eigenvalue weighted by Gasteiger charge is 2.29. The van der Waals surface area contributed by atoms with Crippen LogP contribution in [0.2, 0.25) is 0 Å². The molecule has 1 aliphatic heterocycles. The fourth-order valence-corrected chi connectivity index (χ4v) is 3.35. The third-order valence-electron chi connectivity index (χ3n) is 4.53. The van der Waals surface area contributed by atoms with Crippen LogP contribution < -0.4 is 4.90 Å². The maximum Gasteiger partial charge on any atom is 0.414 e. The number of ether oxygens (including phenoxy) is 1. The Morgan fingerprint density at radius 2 is 1.88 bits per heavy atom. The monoisotopic (exact) mass is 353 g/mol. The predicted molar refractivity (Wildman–Crippen MR) is 103 cm³/mol. The minimum atomic E-state index is -0.539. The molecule has 2 aromatic rings. The lowest BCUT2D eigenvalue weighted by Crippen LogP contribution is -2.37. The number of nitrogens with zero attached hydrogens (tertiary/aromatic N) is 1. The van der Waals surface area contributed by atoms with Crippen LogP contribution in [0.25, 0.3) is 0 Å². The number of aliphatic hydroxyl groups is 1. The van der Waals surface area contributed by atoms with Crippen LogP contribution in [-0.4, -0.2) is 17.7 Å². The van der Waals surface area contributed by atoms with Crippen molar-refractivity contribution in [1.82, 2.24) is 0 Å². The lowest BCUT2D eigenvalue weighted by Gasteiger charge is -2.32. The van der Waals surface area contributed by atoms with Gasteiger partial charge in [-0.3, -0.25) is 4.90 Å². The molecule has 0 saturated carbocycles. The maximum absolute atomic E-state index is 12.6. The van der Waals surface area contributed by atoms with Crippen LogP contribution in [0.1, 0.15) is 50.0 Å². The van der Waals surface area contributed by atoms with Gasteiger partial charge in [0.2, 0.25) is 0 Å². The molecule has 0 radical (unpaired) electrons. The summed E-state index contributed by atoms with van der Waals surface area (Å²) in [6, 6.07) is 15.6. The highest BCUT2D eigenvalue weighted by molar-refractivity contribution is 5.89. The Bertz CT molecular complexity index is 765. The molecule has 0 aliphatic carbocycles. The summed E-state index contributed by atoms with van der Waals surface area (Å²) in [7, 11) is 0. The van der Waals surface area contributed by atoms with Crippen LogP contribution in [0, 0.1) is 5.41 Å². The third kappa shape index (κ3) is 4.44. The molecule has 4 nitrogen and oxygen atoms in total. The van der Waals surface area contributed by atoms with E-state index < -0.39 is 6.10 Å². The van der Waals surface area contributed by atoms with E-state index in [1.165, 1.54) is 5.56 Å². The first kappa shape index (κ1) is 18.5. The standard InChI is InChI=1S/C22H27NO3/c1-22(2,3)14-17-9-10-19-18(13-17)20(24)11-12-23(19)21(25)26-15-16-7-5-4-6-8-16/h4-10,13,20,24H,11-12,14-15H2,1-3H3/t20-/m1/s1. The van der Waals surface area contributed by atoms with Gasteiger partial charge in [-0.2, -0.15) is 0 Å². The minimum absolute atomic E-state index is 0.169. The van der Waals surface area contributed by atoms with Crippen molar-refractivity contribution < 1.29 is 14.6 Å². The van der Waals surface area contributed by atoms with Crippen LogP contribution >= 0.6 is 0 Å². The van der Waals surface area contributed by atoms with Gasteiger partial charge in [-0.15, -0.1) is 0 Å². The minimum Gasteiger partial charge on any atom is -0.444 e. The predicted octanol–water partition coefficient (Wildman–Crippen LogP) is 4.86. The molecule has 0 bridgehead atoms. The SMILES string of the molecule is CC(C)(C)Cc1ccc2c(c1)[C@H](O)CCN2C(=O)OCc1ccccc1. The van der Waals surface area contributed by atoms with Crippen molar-refractivity contribution in [3.8, 4) is 0 Å². The van der Waals surface area contributed by atoms with Crippen molar-refractivity contribution in [1.29, 1.82) is 0 Å². The van der Waals surface area contributed by atoms with E-state index in [9.17, 15) is 9.90 Å². The summed E-state index contributed by atoms with van der Waals surface area (Å²) in [6.45, 7) is 7.28. The van der Waals surface area contributed by atoms with Gasteiger partial charge in [-0.25, -0.2) is 4.79 Å². The van der Waals surface area contributed by atoms with Gasteiger partial charge in [0, 0.05) is 12.1 Å². The Morgan fingerprint density at radius 3 is 2.58 bits per heavy atom. The summed E-state index contributed by atoms with van der Waals surface area (Å²) in [6.07, 6.45) is 0.534. The first-order valence-corrected chi connectivity index (χ1v) is 9.12. The van der Waals surface area contributed by atoms with Gasteiger partial charge in [-0.05, 0) is 35.4 Å². The first-order valence-electron chi connectivity index (χ1n) is 9.12. The normalized spacial score (nSPS) is 16.9. The molecule has 1 atom stereocenters. The molecule has 1 heterocycles. The van der Waals surface area contributed by atoms with Crippen LogP contribution in [0.15, 0.2) is 48.5 Å². The number of fused-ring (bicyclic) bond motifs is 1. The van der Waals surface area contributed by atoms with Crippen LogP contribution in [0.3, 0.4) is 0 Å². The van der Waals surface area contributed by atoms with E-state index in [0.29, 0.717) is 13.0 Å². The first-order chi connectivity index (χ1) is 12.3. The number of carbonyl (C=O) groups is 1. The molecule has 2 aromatic carbocycles. The van der Waals surface area contributed by atoms with Gasteiger partial charge in [0.1, 0.15) is 6.61 Å². The molecule has 0 aromatic heterocycles. The molecule has 138 valence electrons. The second kappa shape index (κ2) is 7.50. The number of aliphatic hydroxyl groups excluding tert-OH is 1. The number of carbonyl (C=O) groups excluding carboxylic acids is 1. The molecule has 0 spiro atoms. The van der Waals surface area contributed by atoms with Crippen molar-refractivity contribution in [3.05, 3.63) is 65.2 Å². The molecule has 3 rings (SSSR count). The average molecular weight is 353 g/mol. The average Bonchev–Trinajstić information content (AvgIpc) is 2.60. The number of rotatable bonds is 3. The van der Waals surface area contributed by atoms with Crippen molar-refractivity contribution in [2.45, 2.75) is 46.3 Å². The molecule has 0 unspecified atom stereocenters. The lowest BCUT2D eigenvalue weighted by molar-refractivity contribution is 0.137. The van der Waals surface area contributed by atoms with Gasteiger partial charge in [-0.1, -0.05) is 63.2 Å². The van der Waals surface area contributed by atoms with Crippen molar-refractivity contribution in [3.63, 3.8) is 0 Å². The summed E-state index contributed by atoms with van der Waals surface area (Å²) in [5.41, 5.74) is 3.87. The fraction of sp³-hybridized carbons (Fsp3) is 0.409. The molecular formula is C22H27NO3. The van der Waals surface area contributed by atoms with E-state index in [1.54, 1.807) is 4.90 Å². The Hall–Kier alpha value is -2.33. The number of benzene rings is 2. The van der Waals surface area contributed by atoms with E-state index in [2.05, 4.69) is 20.8 Å². The third-order valence-corrected chi connectivity index (χ3v) is 4.53. The molecular weight excluding hydrogens is 326 g/mol. The summed E-state index contributed by atoms with van der Waals surface area (Å²) in [5.74, 6) is 0. The molecule has 0 fully saturated rings. The molecule has 1 N–H and O–H groups in total. The highest BCUT2D eigenvalue weighted by atomic mass is 16.6. The van der Waals surface area contributed by atoms with Gasteiger partial charge in [0.15, 0.2) is 0 Å². The summed E-state index contributed by atoms with van der Waals surface area (Å²) in [4.78, 5) is 14.2. The van der Waals surface area contributed by atoms with E-state index >= 15 is 0 Å². The Balaban J connectivity index is 1.76. The Kier molecular flexibility index (Phi) is 5.33. The zero-order valence-corrected chi connectivity index (χ0v) is 15.7. The second-order valence-electron chi connectivity index (χ2n) is 8.13. The van der Waals surface area contributed by atoms with Crippen LogP contribution in [0.4, 0.5) is 10.5 Å². The number of amides is 1. The maximum atomic E-state index is 12.6. The van der Waals surface area contributed by atoms with Gasteiger partial charge < -0.3 is 9.84 Å². The van der Waals surface area contributed by atoms with Gasteiger partial charge >= 0.3 is 6.09 Å². The summed E-state index contributed by atoms with van der Waals surface area (Å²) >= 11 is 0. The van der Waals surface area contributed by atoms with E-state index in [1.807, 2.05) is 48.5 Å². The molecule has 1 amide bonds. The van der Waals surface area contributed by atoms with Crippen molar-refractivity contribution >= 4 is 11.8 Å². The van der Waals surface area contributed by atoms with E-state index in [-0.39, 0.29) is 18.1 Å². The topological polar surface area (TPSA) is 49.8 Å². The van der Waals surface area contributed by atoms with E-state index in [0.717, 1.165) is 23.2 Å². The zero-order chi connectivity index (χ0) is 18.7. The largest absolute Gasteiger partial charge is 0.444 e. The molecule has 1 aliphatic rings. The molecule has 26 heavy (non-hydrogen) atoms. The van der Waals surface area contributed by atoms with Crippen LogP contribution in [-0.2, 0) is 17.8 Å². The quantitative estimate of drug-likeness (QED) is 0.858. The molecule has 4 heteroatoms. The van der Waals surface area contributed by atoms with Crippen molar-refractivity contribution in [2.24, 2.45) is 5.41 Å². The number of hydrogen-bond acceptors (Lipinski definition) is 3. The molecule has 0 saturated heterocycles.